The van der Waals surface area contributed by atoms with E-state index >= 15 is 0 Å². The van der Waals surface area contributed by atoms with Crippen molar-refractivity contribution in [1.29, 1.82) is 0 Å². The zero-order valence-corrected chi connectivity index (χ0v) is 12.8. The van der Waals surface area contributed by atoms with Gasteiger partial charge in [0.1, 0.15) is 5.75 Å². The van der Waals surface area contributed by atoms with Crippen molar-refractivity contribution >= 4 is 11.6 Å². The third-order valence-corrected chi connectivity index (χ3v) is 3.02. The van der Waals surface area contributed by atoms with Gasteiger partial charge in [0.2, 0.25) is 0 Å². The smallest absolute Gasteiger partial charge is 0.167 e. The van der Waals surface area contributed by atoms with Crippen LogP contribution in [0.4, 0.5) is 4.39 Å². The Labute approximate surface area is 129 Å². The first-order valence-electron chi connectivity index (χ1n) is 6.82. The molecule has 0 spiro atoms. The molecule has 0 saturated carbocycles. The molecule has 21 heavy (non-hydrogen) atoms. The van der Waals surface area contributed by atoms with Crippen molar-refractivity contribution in [1.82, 2.24) is 10.3 Å². The molecule has 0 amide bonds. The second kappa shape index (κ2) is 7.38. The Balaban J connectivity index is 2.17. The quantitative estimate of drug-likeness (QED) is 0.858. The summed E-state index contributed by atoms with van der Waals surface area (Å²) in [5.74, 6) is 0.745. The van der Waals surface area contributed by atoms with E-state index in [1.165, 1.54) is 18.5 Å². The van der Waals surface area contributed by atoms with E-state index in [9.17, 15) is 4.39 Å². The van der Waals surface area contributed by atoms with Gasteiger partial charge in [-0.25, -0.2) is 4.39 Å². The molecule has 0 radical (unpaired) electrons. The van der Waals surface area contributed by atoms with Crippen LogP contribution in [0.2, 0.25) is 5.02 Å². The Bertz CT molecular complexity index is 605. The summed E-state index contributed by atoms with van der Waals surface area (Å²) in [5, 5.41) is 3.73. The third-order valence-electron chi connectivity index (χ3n) is 2.82. The molecular weight excluding hydrogens is 291 g/mol. The summed E-state index contributed by atoms with van der Waals surface area (Å²) in [4.78, 5) is 3.93. The fourth-order valence-electron chi connectivity index (χ4n) is 1.87. The lowest BCUT2D eigenvalue weighted by atomic mass is 10.1. The van der Waals surface area contributed by atoms with Crippen molar-refractivity contribution in [3.05, 3.63) is 53.1 Å². The zero-order valence-electron chi connectivity index (χ0n) is 12.1. The zero-order chi connectivity index (χ0) is 15.2. The van der Waals surface area contributed by atoms with E-state index in [1.807, 2.05) is 6.07 Å². The summed E-state index contributed by atoms with van der Waals surface area (Å²) in [6, 6.07) is 6.49. The molecule has 1 N–H and O–H groups in total. The third kappa shape index (κ3) is 4.69. The maximum atomic E-state index is 14.0. The van der Waals surface area contributed by atoms with Crippen molar-refractivity contribution in [2.24, 2.45) is 5.92 Å². The number of aromatic nitrogens is 1. The van der Waals surface area contributed by atoms with Crippen LogP contribution in [-0.4, -0.2) is 11.5 Å². The molecule has 112 valence electrons. The van der Waals surface area contributed by atoms with E-state index in [4.69, 9.17) is 16.3 Å². The molecule has 1 aromatic carbocycles. The molecule has 0 fully saturated rings. The van der Waals surface area contributed by atoms with Crippen molar-refractivity contribution in [3.63, 3.8) is 0 Å². The molecule has 0 aliphatic heterocycles. The number of para-hydroxylation sites is 1. The number of ether oxygens (including phenoxy) is 1. The molecule has 2 rings (SSSR count). The molecule has 1 heterocycles. The van der Waals surface area contributed by atoms with Crippen molar-refractivity contribution in [3.8, 4) is 11.5 Å². The molecule has 5 heteroatoms. The average molecular weight is 309 g/mol. The van der Waals surface area contributed by atoms with Gasteiger partial charge in [-0.15, -0.1) is 0 Å². The lowest BCUT2D eigenvalue weighted by Gasteiger charge is -2.13. The van der Waals surface area contributed by atoms with Gasteiger partial charge in [0, 0.05) is 24.4 Å². The first-order valence-corrected chi connectivity index (χ1v) is 7.20. The highest BCUT2D eigenvalue weighted by molar-refractivity contribution is 6.30. The van der Waals surface area contributed by atoms with Crippen LogP contribution in [0.5, 0.6) is 11.5 Å². The number of nitrogens with one attached hydrogen (secondary N) is 1. The Hall–Kier alpha value is -1.65. The Morgan fingerprint density at radius 3 is 2.86 bits per heavy atom. The van der Waals surface area contributed by atoms with Gasteiger partial charge in [0.05, 0.1) is 11.2 Å². The summed E-state index contributed by atoms with van der Waals surface area (Å²) in [7, 11) is 0. The molecule has 0 unspecified atom stereocenters. The summed E-state index contributed by atoms with van der Waals surface area (Å²) < 4.78 is 19.6. The Kier molecular flexibility index (Phi) is 5.53. The summed E-state index contributed by atoms with van der Waals surface area (Å²) >= 11 is 5.86. The Morgan fingerprint density at radius 2 is 2.14 bits per heavy atom. The molecule has 2 aromatic rings. The molecule has 1 aromatic heterocycles. The number of pyridine rings is 1. The van der Waals surface area contributed by atoms with Gasteiger partial charge in [-0.05, 0) is 18.5 Å². The van der Waals surface area contributed by atoms with Gasteiger partial charge >= 0.3 is 0 Å². The van der Waals surface area contributed by atoms with Gasteiger partial charge < -0.3 is 10.1 Å². The van der Waals surface area contributed by atoms with Crippen LogP contribution in [0.15, 0.2) is 36.7 Å². The molecule has 3 nitrogen and oxygen atoms in total. The van der Waals surface area contributed by atoms with E-state index in [1.54, 1.807) is 12.1 Å². The second-order valence-corrected chi connectivity index (χ2v) is 5.63. The van der Waals surface area contributed by atoms with Crippen LogP contribution in [0.25, 0.3) is 0 Å². The van der Waals surface area contributed by atoms with Crippen LogP contribution in [0.3, 0.4) is 0 Å². The highest BCUT2D eigenvalue weighted by Gasteiger charge is 2.11. The highest BCUT2D eigenvalue weighted by Crippen LogP contribution is 2.29. The fraction of sp³-hybridized carbons (Fsp3) is 0.312. The number of benzene rings is 1. The number of hydrogen-bond acceptors (Lipinski definition) is 3. The normalized spacial score (nSPS) is 10.9. The van der Waals surface area contributed by atoms with E-state index in [-0.39, 0.29) is 5.75 Å². The summed E-state index contributed by atoms with van der Waals surface area (Å²) in [5.41, 5.74) is 0.760. The minimum atomic E-state index is -0.404. The van der Waals surface area contributed by atoms with Gasteiger partial charge in [-0.3, -0.25) is 4.98 Å². The number of nitrogens with zero attached hydrogens (tertiary/aromatic N) is 1. The van der Waals surface area contributed by atoms with E-state index < -0.39 is 5.82 Å². The highest BCUT2D eigenvalue weighted by atomic mass is 35.5. The van der Waals surface area contributed by atoms with Gasteiger partial charge in [0.15, 0.2) is 11.6 Å². The fourth-order valence-corrected chi connectivity index (χ4v) is 2.03. The number of rotatable bonds is 6. The number of hydrogen-bond donors (Lipinski definition) is 1. The Morgan fingerprint density at radius 1 is 1.33 bits per heavy atom. The summed E-state index contributed by atoms with van der Waals surface area (Å²) in [6.07, 6.45) is 3.00. The molecule has 0 aliphatic carbocycles. The summed E-state index contributed by atoms with van der Waals surface area (Å²) in [6.45, 7) is 5.63. The van der Waals surface area contributed by atoms with Gasteiger partial charge in [-0.1, -0.05) is 37.6 Å². The topological polar surface area (TPSA) is 34.1 Å². The average Bonchev–Trinajstić information content (AvgIpc) is 2.42. The molecular formula is C16H18ClFN2O. The van der Waals surface area contributed by atoms with Crippen LogP contribution in [0, 0.1) is 11.7 Å². The molecule has 0 atom stereocenters. The van der Waals surface area contributed by atoms with Gasteiger partial charge in [0.25, 0.3) is 0 Å². The van der Waals surface area contributed by atoms with Crippen LogP contribution >= 0.6 is 11.6 Å². The van der Waals surface area contributed by atoms with Crippen molar-refractivity contribution < 1.29 is 9.13 Å². The predicted octanol–water partition coefficient (Wildman–Crippen LogP) is 4.41. The minimum absolute atomic E-state index is 0.206. The largest absolute Gasteiger partial charge is 0.452 e. The first-order chi connectivity index (χ1) is 10.1. The second-order valence-electron chi connectivity index (χ2n) is 5.19. The monoisotopic (exact) mass is 308 g/mol. The maximum absolute atomic E-state index is 14.0. The maximum Gasteiger partial charge on any atom is 0.167 e. The predicted molar refractivity (Wildman–Crippen MR) is 82.3 cm³/mol. The van der Waals surface area contributed by atoms with Crippen molar-refractivity contribution in [2.75, 3.05) is 6.54 Å². The van der Waals surface area contributed by atoms with Crippen molar-refractivity contribution in [2.45, 2.75) is 20.4 Å². The van der Waals surface area contributed by atoms with Crippen LogP contribution in [0.1, 0.15) is 19.4 Å². The van der Waals surface area contributed by atoms with E-state index in [0.717, 1.165) is 12.1 Å². The van der Waals surface area contributed by atoms with E-state index in [2.05, 4.69) is 24.1 Å². The van der Waals surface area contributed by atoms with Gasteiger partial charge in [-0.2, -0.15) is 0 Å². The van der Waals surface area contributed by atoms with Crippen LogP contribution in [-0.2, 0) is 6.54 Å². The lowest BCUT2D eigenvalue weighted by Crippen LogP contribution is -2.19. The molecule has 0 bridgehead atoms. The standard InChI is InChI=1S/C16H18ClFN2O/c1-11(2)7-19-8-12-4-3-5-15(18)16(12)21-14-6-13(17)9-20-10-14/h3-6,9-11,19H,7-8H2,1-2H3. The molecule has 0 saturated heterocycles. The SMILES string of the molecule is CC(C)CNCc1cccc(F)c1Oc1cncc(Cl)c1. The number of halogens is 2. The first kappa shape index (κ1) is 15.7. The van der Waals surface area contributed by atoms with Crippen LogP contribution < -0.4 is 10.1 Å². The minimum Gasteiger partial charge on any atom is -0.452 e. The lowest BCUT2D eigenvalue weighted by molar-refractivity contribution is 0.430. The molecule has 0 aliphatic rings. The van der Waals surface area contributed by atoms with E-state index in [0.29, 0.717) is 23.2 Å².